The van der Waals surface area contributed by atoms with Crippen molar-refractivity contribution in [1.82, 2.24) is 14.4 Å². The molecule has 4 rings (SSSR count). The third-order valence-corrected chi connectivity index (χ3v) is 4.76. The zero-order valence-electron chi connectivity index (χ0n) is 12.7. The van der Waals surface area contributed by atoms with Crippen LogP contribution in [-0.2, 0) is 0 Å². The molecule has 23 heavy (non-hydrogen) atoms. The summed E-state index contributed by atoms with van der Waals surface area (Å²) in [6, 6.07) is 14.7. The summed E-state index contributed by atoms with van der Waals surface area (Å²) in [6.07, 6.45) is 5.98. The maximum absolute atomic E-state index is 4.65. The molecule has 0 radical (unpaired) electrons. The highest BCUT2D eigenvalue weighted by molar-refractivity contribution is 7.09. The number of hydrogen-bond donors (Lipinski definition) is 1. The molecule has 0 bridgehead atoms. The molecule has 0 aliphatic heterocycles. The average molecular weight is 320 g/mol. The lowest BCUT2D eigenvalue weighted by Gasteiger charge is -2.13. The lowest BCUT2D eigenvalue weighted by molar-refractivity contribution is 0.904. The Kier molecular flexibility index (Phi) is 3.55. The van der Waals surface area contributed by atoms with Gasteiger partial charge in [-0.25, -0.2) is 4.98 Å². The highest BCUT2D eigenvalue weighted by Gasteiger charge is 2.08. The first-order chi connectivity index (χ1) is 11.3. The van der Waals surface area contributed by atoms with Crippen LogP contribution in [0.4, 0.5) is 5.69 Å². The van der Waals surface area contributed by atoms with Gasteiger partial charge in [-0.2, -0.15) is 0 Å². The van der Waals surface area contributed by atoms with Crippen LogP contribution in [0.5, 0.6) is 0 Å². The Bertz CT molecular complexity index is 877. The highest BCUT2D eigenvalue weighted by Crippen LogP contribution is 2.25. The Morgan fingerprint density at radius 3 is 2.74 bits per heavy atom. The van der Waals surface area contributed by atoms with Crippen molar-refractivity contribution in [3.8, 4) is 11.3 Å². The second kappa shape index (κ2) is 5.85. The number of imidazole rings is 1. The Morgan fingerprint density at radius 1 is 1.13 bits per heavy atom. The number of pyridine rings is 1. The Hall–Kier alpha value is -2.66. The van der Waals surface area contributed by atoms with Crippen LogP contribution in [0.2, 0.25) is 0 Å². The first-order valence-corrected chi connectivity index (χ1v) is 8.37. The molecular formula is C18H16N4S. The van der Waals surface area contributed by atoms with Crippen LogP contribution in [-0.4, -0.2) is 14.4 Å². The van der Waals surface area contributed by atoms with Crippen LogP contribution in [0.1, 0.15) is 17.8 Å². The largest absolute Gasteiger partial charge is 0.378 e. The van der Waals surface area contributed by atoms with E-state index in [1.165, 1.54) is 4.88 Å². The number of nitrogens with zero attached hydrogens (tertiary/aromatic N) is 3. The summed E-state index contributed by atoms with van der Waals surface area (Å²) >= 11 is 1.67. The Morgan fingerprint density at radius 2 is 2.00 bits per heavy atom. The second-order valence-electron chi connectivity index (χ2n) is 5.44. The Balaban J connectivity index is 1.55. The molecule has 1 unspecified atom stereocenters. The van der Waals surface area contributed by atoms with E-state index in [-0.39, 0.29) is 6.04 Å². The molecule has 1 atom stereocenters. The molecule has 4 aromatic rings. The van der Waals surface area contributed by atoms with Crippen molar-refractivity contribution in [1.29, 1.82) is 0 Å². The molecule has 0 aliphatic carbocycles. The topological polar surface area (TPSA) is 42.2 Å². The van der Waals surface area contributed by atoms with Crippen LogP contribution >= 0.6 is 11.3 Å². The quantitative estimate of drug-likeness (QED) is 0.596. The summed E-state index contributed by atoms with van der Waals surface area (Å²) in [4.78, 5) is 10.0. The molecule has 0 saturated carbocycles. The average Bonchev–Trinajstić information content (AvgIpc) is 3.25. The zero-order valence-corrected chi connectivity index (χ0v) is 13.5. The van der Waals surface area contributed by atoms with Gasteiger partial charge in [0.25, 0.3) is 0 Å². The van der Waals surface area contributed by atoms with E-state index in [1.54, 1.807) is 11.3 Å². The fourth-order valence-corrected chi connectivity index (χ4v) is 3.20. The molecule has 0 saturated heterocycles. The summed E-state index contributed by atoms with van der Waals surface area (Å²) < 4.78 is 2.04. The van der Waals surface area contributed by atoms with E-state index in [0.29, 0.717) is 0 Å². The van der Waals surface area contributed by atoms with Gasteiger partial charge in [-0.05, 0) is 31.2 Å². The molecular weight excluding hydrogens is 304 g/mol. The van der Waals surface area contributed by atoms with Crippen molar-refractivity contribution in [3.63, 3.8) is 0 Å². The Labute approximate surface area is 138 Å². The van der Waals surface area contributed by atoms with Gasteiger partial charge in [0.2, 0.25) is 0 Å². The van der Waals surface area contributed by atoms with Gasteiger partial charge in [-0.1, -0.05) is 18.2 Å². The number of thiazole rings is 1. The highest BCUT2D eigenvalue weighted by atomic mass is 32.1. The predicted molar refractivity (Wildman–Crippen MR) is 94.8 cm³/mol. The van der Waals surface area contributed by atoms with Crippen molar-refractivity contribution in [2.75, 3.05) is 5.32 Å². The summed E-state index contributed by atoms with van der Waals surface area (Å²) in [5.41, 5.74) is 6.02. The van der Waals surface area contributed by atoms with Crippen molar-refractivity contribution in [2.24, 2.45) is 0 Å². The van der Waals surface area contributed by atoms with Crippen molar-refractivity contribution in [2.45, 2.75) is 13.0 Å². The van der Waals surface area contributed by atoms with Gasteiger partial charge in [-0.3, -0.25) is 4.98 Å². The molecule has 3 aromatic heterocycles. The smallest absolute Gasteiger partial charge is 0.137 e. The van der Waals surface area contributed by atoms with Crippen LogP contribution < -0.4 is 5.32 Å². The maximum Gasteiger partial charge on any atom is 0.137 e. The number of anilines is 1. The first kappa shape index (κ1) is 14.0. The second-order valence-corrected chi connectivity index (χ2v) is 6.36. The minimum absolute atomic E-state index is 0.253. The number of fused-ring (bicyclic) bond motifs is 1. The summed E-state index contributed by atoms with van der Waals surface area (Å²) in [5, 5.41) is 3.49. The molecule has 0 spiro atoms. The van der Waals surface area contributed by atoms with E-state index in [2.05, 4.69) is 52.7 Å². The lowest BCUT2D eigenvalue weighted by Crippen LogP contribution is -2.04. The lowest BCUT2D eigenvalue weighted by atomic mass is 10.1. The molecule has 5 heteroatoms. The van der Waals surface area contributed by atoms with E-state index in [1.807, 2.05) is 40.5 Å². The minimum Gasteiger partial charge on any atom is -0.378 e. The third kappa shape index (κ3) is 2.83. The first-order valence-electron chi connectivity index (χ1n) is 7.49. The van der Waals surface area contributed by atoms with Gasteiger partial charge in [0.05, 0.1) is 17.2 Å². The van der Waals surface area contributed by atoms with E-state index >= 15 is 0 Å². The summed E-state index contributed by atoms with van der Waals surface area (Å²) in [6.45, 7) is 2.14. The molecule has 1 N–H and O–H groups in total. The fraction of sp³-hybridized carbons (Fsp3) is 0.111. The van der Waals surface area contributed by atoms with Crippen molar-refractivity contribution < 1.29 is 0 Å². The van der Waals surface area contributed by atoms with Gasteiger partial charge >= 0.3 is 0 Å². The molecule has 1 aromatic carbocycles. The SMILES string of the molecule is CC(Nc1ccc(-c2cn3ccccc3n2)cc1)c1cncs1. The van der Waals surface area contributed by atoms with E-state index in [4.69, 9.17) is 0 Å². The molecule has 0 aliphatic rings. The number of aromatic nitrogens is 3. The van der Waals surface area contributed by atoms with Crippen LogP contribution in [0.25, 0.3) is 16.9 Å². The van der Waals surface area contributed by atoms with Gasteiger partial charge in [0, 0.05) is 34.7 Å². The number of nitrogens with one attached hydrogen (secondary N) is 1. The molecule has 4 nitrogen and oxygen atoms in total. The zero-order chi connectivity index (χ0) is 15.6. The van der Waals surface area contributed by atoms with Crippen molar-refractivity contribution in [3.05, 3.63) is 71.4 Å². The monoisotopic (exact) mass is 320 g/mol. The van der Waals surface area contributed by atoms with Crippen LogP contribution in [0.15, 0.2) is 66.6 Å². The fourth-order valence-electron chi connectivity index (χ4n) is 2.57. The number of rotatable bonds is 4. The summed E-state index contributed by atoms with van der Waals surface area (Å²) in [5.74, 6) is 0. The minimum atomic E-state index is 0.253. The summed E-state index contributed by atoms with van der Waals surface area (Å²) in [7, 11) is 0. The standard InChI is InChI=1S/C18H16N4S/c1-13(17-10-19-12-23-17)20-15-7-5-14(6-8-15)16-11-22-9-3-2-4-18(22)21-16/h2-13,20H,1H3. The van der Waals surface area contributed by atoms with E-state index in [0.717, 1.165) is 22.6 Å². The molecule has 3 heterocycles. The van der Waals surface area contributed by atoms with Gasteiger partial charge in [-0.15, -0.1) is 11.3 Å². The molecule has 0 fully saturated rings. The van der Waals surface area contributed by atoms with Crippen LogP contribution in [0.3, 0.4) is 0 Å². The van der Waals surface area contributed by atoms with Crippen LogP contribution in [0, 0.1) is 0 Å². The number of benzene rings is 1. The number of hydrogen-bond acceptors (Lipinski definition) is 4. The van der Waals surface area contributed by atoms with Gasteiger partial charge in [0.15, 0.2) is 0 Å². The third-order valence-electron chi connectivity index (χ3n) is 3.81. The maximum atomic E-state index is 4.65. The van der Waals surface area contributed by atoms with Gasteiger partial charge < -0.3 is 9.72 Å². The molecule has 0 amide bonds. The van der Waals surface area contributed by atoms with Crippen molar-refractivity contribution >= 4 is 22.7 Å². The van der Waals surface area contributed by atoms with E-state index in [9.17, 15) is 0 Å². The van der Waals surface area contributed by atoms with E-state index < -0.39 is 0 Å². The predicted octanol–water partition coefficient (Wildman–Crippen LogP) is 4.63. The molecule has 114 valence electrons. The normalized spacial score (nSPS) is 12.4. The van der Waals surface area contributed by atoms with Gasteiger partial charge in [0.1, 0.15) is 5.65 Å².